The third kappa shape index (κ3) is 3.12. The molecule has 0 radical (unpaired) electrons. The normalized spacial score (nSPS) is 10.3. The second kappa shape index (κ2) is 6.96. The van der Waals surface area contributed by atoms with E-state index in [-0.39, 0.29) is 5.82 Å². The van der Waals surface area contributed by atoms with Crippen LogP contribution >= 0.6 is 0 Å². The maximum Gasteiger partial charge on any atom is 0.292 e. The molecule has 0 saturated heterocycles. The van der Waals surface area contributed by atoms with Crippen LogP contribution in [0.4, 0.5) is 5.82 Å². The molecule has 0 amide bonds. The molecule has 0 bridgehead atoms. The summed E-state index contributed by atoms with van der Waals surface area (Å²) in [7, 11) is 0. The minimum atomic E-state index is -0.475. The number of nitrogens with two attached hydrogens (primary N) is 1. The minimum Gasteiger partial charge on any atom is -0.454 e. The summed E-state index contributed by atoms with van der Waals surface area (Å²) in [4.78, 5) is 26.6. The minimum absolute atomic E-state index is 0.130. The van der Waals surface area contributed by atoms with E-state index in [1.54, 1.807) is 12.3 Å². The summed E-state index contributed by atoms with van der Waals surface area (Å²) in [6.07, 6.45) is 3.26. The molecule has 0 unspecified atom stereocenters. The van der Waals surface area contributed by atoms with Gasteiger partial charge in [-0.25, -0.2) is 9.97 Å². The second-order valence-corrected chi connectivity index (χ2v) is 4.89. The predicted molar refractivity (Wildman–Crippen MR) is 97.7 cm³/mol. The van der Waals surface area contributed by atoms with Crippen molar-refractivity contribution in [2.24, 2.45) is 0 Å². The lowest BCUT2D eigenvalue weighted by Crippen LogP contribution is -2.14. The fourth-order valence-corrected chi connectivity index (χ4v) is 2.34. The summed E-state index contributed by atoms with van der Waals surface area (Å²) in [5.41, 5.74) is 6.65. The average Bonchev–Trinajstić information content (AvgIpc) is 2.65. The van der Waals surface area contributed by atoms with E-state index < -0.39 is 5.56 Å². The Morgan fingerprint density at radius 2 is 1.84 bits per heavy atom. The first-order valence-corrected chi connectivity index (χ1v) is 7.88. The molecule has 0 saturated carbocycles. The molecule has 0 spiro atoms. The molecule has 0 aliphatic rings. The third-order valence-corrected chi connectivity index (χ3v) is 3.41. The number of rotatable bonds is 2. The summed E-state index contributed by atoms with van der Waals surface area (Å²) in [5, 5.41) is 0.873. The van der Waals surface area contributed by atoms with Crippen LogP contribution < -0.4 is 16.0 Å². The van der Waals surface area contributed by atoms with Crippen LogP contribution in [-0.2, 0) is 0 Å². The van der Waals surface area contributed by atoms with Gasteiger partial charge in [0.15, 0.2) is 22.7 Å². The Hall–Kier alpha value is -3.48. The van der Waals surface area contributed by atoms with E-state index in [1.165, 1.54) is 6.20 Å². The predicted octanol–water partition coefficient (Wildman–Crippen LogP) is 3.27. The molecule has 126 valence electrons. The number of pyridine rings is 2. The Bertz CT molecular complexity index is 1090. The summed E-state index contributed by atoms with van der Waals surface area (Å²) >= 11 is 0. The van der Waals surface area contributed by atoms with Gasteiger partial charge in [0, 0.05) is 23.8 Å². The first-order valence-electron chi connectivity index (χ1n) is 7.88. The van der Waals surface area contributed by atoms with Crippen LogP contribution in [0.5, 0.6) is 11.5 Å². The van der Waals surface area contributed by atoms with Crippen molar-refractivity contribution in [3.63, 3.8) is 0 Å². The van der Waals surface area contributed by atoms with Crippen LogP contribution in [-0.4, -0.2) is 19.9 Å². The quantitative estimate of drug-likeness (QED) is 0.582. The van der Waals surface area contributed by atoms with Crippen LogP contribution in [0.15, 0.2) is 53.6 Å². The van der Waals surface area contributed by atoms with Crippen LogP contribution in [0.25, 0.3) is 22.1 Å². The number of nitrogens with zero attached hydrogens (tertiary/aromatic N) is 3. The highest BCUT2D eigenvalue weighted by molar-refractivity contribution is 5.86. The van der Waals surface area contributed by atoms with Crippen molar-refractivity contribution < 1.29 is 4.74 Å². The number of H-pyrrole nitrogens is 1. The Morgan fingerprint density at radius 3 is 2.68 bits per heavy atom. The van der Waals surface area contributed by atoms with E-state index in [2.05, 4.69) is 19.9 Å². The molecule has 4 rings (SSSR count). The van der Waals surface area contributed by atoms with Gasteiger partial charge in [0.25, 0.3) is 5.56 Å². The molecule has 0 aliphatic carbocycles. The molecular formula is C18H17N5O2. The molecule has 25 heavy (non-hydrogen) atoms. The van der Waals surface area contributed by atoms with Gasteiger partial charge in [-0.3, -0.25) is 9.78 Å². The molecule has 0 aliphatic heterocycles. The number of ether oxygens (including phenoxy) is 1. The van der Waals surface area contributed by atoms with Crippen molar-refractivity contribution in [2.45, 2.75) is 13.8 Å². The standard InChI is InChI=1S/C16H11N5O2.C2H6/c17-14-16(22)21-15-13(20-14)12(6-8-19-15)23-11-5-1-4-10-9(11)3-2-7-18-10;1-2/h1-8H,(H2,17,20)(H,19,21,22);1-2H3. The molecular weight excluding hydrogens is 318 g/mol. The fraction of sp³-hybridized carbons (Fsp3) is 0.111. The Balaban J connectivity index is 0.000000880. The lowest BCUT2D eigenvalue weighted by atomic mass is 10.2. The van der Waals surface area contributed by atoms with Crippen LogP contribution in [0.1, 0.15) is 13.8 Å². The van der Waals surface area contributed by atoms with Crippen molar-refractivity contribution in [3.8, 4) is 11.5 Å². The van der Waals surface area contributed by atoms with Crippen LogP contribution in [0.3, 0.4) is 0 Å². The Kier molecular flexibility index (Phi) is 4.56. The first-order chi connectivity index (χ1) is 12.2. The van der Waals surface area contributed by atoms with Crippen LogP contribution in [0.2, 0.25) is 0 Å². The maximum atomic E-state index is 11.5. The molecule has 7 heteroatoms. The van der Waals surface area contributed by atoms with Gasteiger partial charge in [0.2, 0.25) is 0 Å². The van der Waals surface area contributed by atoms with Crippen LogP contribution in [0, 0.1) is 0 Å². The molecule has 0 atom stereocenters. The number of aromatic nitrogens is 4. The molecule has 4 aromatic rings. The van der Waals surface area contributed by atoms with Crippen molar-refractivity contribution in [1.29, 1.82) is 0 Å². The van der Waals surface area contributed by atoms with E-state index in [0.29, 0.717) is 22.7 Å². The summed E-state index contributed by atoms with van der Waals surface area (Å²) < 4.78 is 5.98. The largest absolute Gasteiger partial charge is 0.454 e. The Morgan fingerprint density at radius 1 is 1.00 bits per heavy atom. The number of anilines is 1. The van der Waals surface area contributed by atoms with Gasteiger partial charge in [0.05, 0.1) is 5.52 Å². The van der Waals surface area contributed by atoms with Gasteiger partial charge in [-0.05, 0) is 24.3 Å². The number of hydrogen-bond acceptors (Lipinski definition) is 6. The fourth-order valence-electron chi connectivity index (χ4n) is 2.34. The average molecular weight is 335 g/mol. The van der Waals surface area contributed by atoms with Gasteiger partial charge in [0.1, 0.15) is 5.75 Å². The zero-order valence-corrected chi connectivity index (χ0v) is 13.9. The lowest BCUT2D eigenvalue weighted by molar-refractivity contribution is 0.492. The van der Waals surface area contributed by atoms with Gasteiger partial charge < -0.3 is 15.5 Å². The van der Waals surface area contributed by atoms with E-state index in [4.69, 9.17) is 10.5 Å². The lowest BCUT2D eigenvalue weighted by Gasteiger charge is -2.10. The number of fused-ring (bicyclic) bond motifs is 2. The van der Waals surface area contributed by atoms with Crippen molar-refractivity contribution >= 4 is 27.9 Å². The smallest absolute Gasteiger partial charge is 0.292 e. The van der Waals surface area contributed by atoms with E-state index >= 15 is 0 Å². The van der Waals surface area contributed by atoms with E-state index in [1.807, 2.05) is 44.2 Å². The second-order valence-electron chi connectivity index (χ2n) is 4.89. The van der Waals surface area contributed by atoms with Gasteiger partial charge in [-0.2, -0.15) is 0 Å². The number of benzene rings is 1. The van der Waals surface area contributed by atoms with Gasteiger partial charge >= 0.3 is 0 Å². The topological polar surface area (TPSA) is 107 Å². The molecule has 0 fully saturated rings. The van der Waals surface area contributed by atoms with Gasteiger partial charge in [-0.15, -0.1) is 0 Å². The van der Waals surface area contributed by atoms with Crippen molar-refractivity contribution in [3.05, 3.63) is 59.1 Å². The van der Waals surface area contributed by atoms with Gasteiger partial charge in [-0.1, -0.05) is 19.9 Å². The summed E-state index contributed by atoms with van der Waals surface area (Å²) in [5.74, 6) is 0.957. The van der Waals surface area contributed by atoms with Crippen molar-refractivity contribution in [1.82, 2.24) is 19.9 Å². The van der Waals surface area contributed by atoms with E-state index in [0.717, 1.165) is 10.9 Å². The zero-order valence-electron chi connectivity index (χ0n) is 13.9. The number of nitrogen functional groups attached to an aromatic ring is 1. The first kappa shape index (κ1) is 16.4. The molecule has 7 nitrogen and oxygen atoms in total. The van der Waals surface area contributed by atoms with Crippen molar-refractivity contribution in [2.75, 3.05) is 5.73 Å². The Labute approximate surface area is 143 Å². The highest BCUT2D eigenvalue weighted by Gasteiger charge is 2.11. The number of nitrogens with one attached hydrogen (secondary N) is 1. The molecule has 3 aromatic heterocycles. The highest BCUT2D eigenvalue weighted by Crippen LogP contribution is 2.31. The number of hydrogen-bond donors (Lipinski definition) is 2. The maximum absolute atomic E-state index is 11.5. The SMILES string of the molecule is CC.Nc1nc2c(Oc3cccc4ncccc34)ccnc2[nH]c1=O. The molecule has 3 N–H and O–H groups in total. The third-order valence-electron chi connectivity index (χ3n) is 3.41. The molecule has 3 heterocycles. The monoisotopic (exact) mass is 335 g/mol. The number of aromatic amines is 1. The van der Waals surface area contributed by atoms with E-state index in [9.17, 15) is 4.79 Å². The summed E-state index contributed by atoms with van der Waals surface area (Å²) in [6, 6.07) is 11.0. The zero-order chi connectivity index (χ0) is 17.8. The highest BCUT2D eigenvalue weighted by atomic mass is 16.5. The molecule has 1 aromatic carbocycles. The summed E-state index contributed by atoms with van der Waals surface area (Å²) in [6.45, 7) is 4.00.